The number of quaternary nitrogens is 12. The summed E-state index contributed by atoms with van der Waals surface area (Å²) in [6.45, 7) is 22.6. The van der Waals surface area contributed by atoms with Crippen LogP contribution in [-0.2, 0) is 26.2 Å². The summed E-state index contributed by atoms with van der Waals surface area (Å²) in [5, 5.41) is 15.7. The maximum atomic E-state index is 4.01. The van der Waals surface area contributed by atoms with E-state index in [-0.39, 0.29) is 151 Å². The van der Waals surface area contributed by atoms with Crippen LogP contribution in [0.15, 0.2) is 73.3 Å². The van der Waals surface area contributed by atoms with Crippen LogP contribution in [0, 0.1) is 0 Å². The topological polar surface area (TPSA) is 166 Å². The second-order valence-electron chi connectivity index (χ2n) is 25.6. The van der Waals surface area contributed by atoms with Crippen molar-refractivity contribution >= 4 is 0 Å². The second kappa shape index (κ2) is 103. The van der Waals surface area contributed by atoms with Gasteiger partial charge in [-0.25, -0.2) is 0 Å². The molecule has 0 aliphatic heterocycles. The van der Waals surface area contributed by atoms with Crippen molar-refractivity contribution in [1.82, 2.24) is 19.9 Å². The zero-order valence-corrected chi connectivity index (χ0v) is 70.6. The third kappa shape index (κ3) is 144. The van der Waals surface area contributed by atoms with Gasteiger partial charge < -0.3 is 100 Å². The van der Waals surface area contributed by atoms with E-state index in [0.717, 1.165) is 49.0 Å². The minimum Gasteiger partial charge on any atom is -0.669 e. The number of nitrogens with zero attached hydrogens (tertiary/aromatic N) is 8. The first-order chi connectivity index (χ1) is 40.4. The van der Waals surface area contributed by atoms with Gasteiger partial charge in [0.05, 0.1) is 169 Å². The van der Waals surface area contributed by atoms with Gasteiger partial charge in [-0.2, -0.15) is 75.8 Å². The molecule has 0 aliphatic carbocycles. The smallest absolute Gasteiger partial charge is 0.669 e. The minimum atomic E-state index is 0. The van der Waals surface area contributed by atoms with E-state index in [1.807, 2.05) is 48.5 Å². The molecule has 0 bridgehead atoms. The average molecular weight is 1280 g/mol. The van der Waals surface area contributed by atoms with Gasteiger partial charge >= 0.3 is 151 Å². The van der Waals surface area contributed by atoms with Crippen molar-refractivity contribution in [2.75, 3.05) is 276 Å². The van der Waals surface area contributed by atoms with Crippen molar-refractivity contribution in [1.29, 1.82) is 0 Å². The number of rotatable bonds is 29. The Kier molecular flexibility index (Phi) is 144. The summed E-state index contributed by atoms with van der Waals surface area (Å²) in [5.74, 6) is 0. The molecule has 0 saturated carbocycles. The van der Waals surface area contributed by atoms with Crippen LogP contribution in [0.25, 0.3) is 21.3 Å². The molecule has 514 valence electrons. The molecule has 4 rings (SSSR count). The molecule has 94 heavy (non-hydrogen) atoms. The van der Waals surface area contributed by atoms with E-state index in [0.29, 0.717) is 0 Å². The molecule has 4 heterocycles. The fourth-order valence-corrected chi connectivity index (χ4v) is 5.87. The molecule has 0 aromatic carbocycles. The molecule has 12 N–H and O–H groups in total. The molecule has 0 unspecified atom stereocenters. The zero-order chi connectivity index (χ0) is 67.5. The third-order valence-electron chi connectivity index (χ3n) is 11.4. The van der Waals surface area contributed by atoms with Gasteiger partial charge in [-0.15, -0.1) is 26.2 Å². The largest absolute Gasteiger partial charge is 1.00 e. The number of aromatic nitrogens is 4. The Balaban J connectivity index is -0.0000000557. The summed E-state index contributed by atoms with van der Waals surface area (Å²) in [6, 6.07) is 15.5. The van der Waals surface area contributed by atoms with E-state index < -0.39 is 0 Å². The molecule has 0 saturated heterocycles. The summed E-state index contributed by atoms with van der Waals surface area (Å²) in [4.78, 5) is 34.5. The Morgan fingerprint density at radius 3 is 0.415 bits per heavy atom. The third-order valence-corrected chi connectivity index (χ3v) is 11.4. The fraction of sp³-hybridized carbons (Fsp3) is 0.758. The summed E-state index contributed by atoms with van der Waals surface area (Å²) in [6.07, 6.45) is 12.6. The van der Waals surface area contributed by atoms with E-state index in [1.54, 1.807) is 53.0 Å². The van der Waals surface area contributed by atoms with Crippen molar-refractivity contribution in [3.63, 3.8) is 0 Å². The number of likely N-dealkylation sites (N-methyl/N-ethyl adjacent to an activating group) is 12. The maximum absolute atomic E-state index is 4.01. The van der Waals surface area contributed by atoms with Crippen LogP contribution in [0.1, 0.15) is 62.3 Å². The van der Waals surface area contributed by atoms with Crippen molar-refractivity contribution in [3.05, 3.63) is 117 Å². The van der Waals surface area contributed by atoms with Crippen molar-refractivity contribution < 1.29 is 210 Å². The molecule has 0 atom stereocenters. The van der Waals surface area contributed by atoms with Crippen LogP contribution in [0.2, 0.25) is 0 Å². The summed E-state index contributed by atoms with van der Waals surface area (Å²) >= 11 is 0. The maximum Gasteiger partial charge on any atom is 1.00 e. The predicted octanol–water partition coefficient (Wildman–Crippen LogP) is -33.1. The van der Waals surface area contributed by atoms with Crippen LogP contribution in [0.4, 0.5) is 0 Å². The molecule has 0 spiro atoms. The first kappa shape index (κ1) is 131. The number of hydrogen-bond acceptors (Lipinski definition) is 0. The number of nitrogens with one attached hydrogen (secondary N) is 12. The molecular weight excluding hydrogens is 1130 g/mol. The SMILES string of the molecule is CCCCCC.C[N-]Cc1ccc[n-]1.C[N-]Cc1ccc[n-]1.C[N-]Cc1ccc[n-]1.C[N-]Cc1ccc[n-]1.C[NH+](C)CC[NH+](C)C.C[NH+](C)CC[NH+](C)C.C[NH+](C)CC[NH+](C)C.C[NH+](C)CC[NH+](C)C.C[NH+](C)CC[NH+](C)C.C[NH+](C)CC[NH+](C)C.[Li+].[Li+].[Li+].[Li+].[Li+].[Li+].[Li+].[Li+]. The Hall–Kier alpha value is 1.26. The summed E-state index contributed by atoms with van der Waals surface area (Å²) in [7, 11) is 59.5. The first-order valence-electron chi connectivity index (χ1n) is 32.4. The Morgan fingerprint density at radius 1 is 0.234 bits per heavy atom. The molecule has 0 fully saturated rings. The van der Waals surface area contributed by atoms with Crippen molar-refractivity contribution in [2.45, 2.75) is 65.7 Å². The van der Waals surface area contributed by atoms with Crippen molar-refractivity contribution in [3.8, 4) is 0 Å². The molecule has 20 nitrogen and oxygen atoms in total. The minimum absolute atomic E-state index is 0. The quantitative estimate of drug-likeness (QED) is 0.0192. The van der Waals surface area contributed by atoms with Gasteiger partial charge in [0, 0.05) is 0 Å². The average Bonchev–Trinajstić information content (AvgIpc) is 4.37. The molecule has 28 heteroatoms. The van der Waals surface area contributed by atoms with Gasteiger partial charge in [0.15, 0.2) is 0 Å². The van der Waals surface area contributed by atoms with E-state index in [4.69, 9.17) is 0 Å². The molecule has 0 aliphatic rings. The predicted molar refractivity (Wildman–Crippen MR) is 373 cm³/mol. The standard InChI is InChI=1S/4C6H8N2.6C6H16N2.C6H14.8Li/c4*1-7-5-6-3-2-4-8-6;6*1-7(2)5-6-8(3)4;1-3-5-6-4-2;;;;;;;;/h4*2-4H,5H2,1H3;6*5-6H2,1-4H3;3-6H2,1-2H3;;;;;;;;/q4*-2;;;;;;;;8*+1/p+12. The summed E-state index contributed by atoms with van der Waals surface area (Å²) in [5.41, 5.74) is 4.19. The van der Waals surface area contributed by atoms with E-state index in [9.17, 15) is 0 Å². The molecule has 0 radical (unpaired) electrons. The second-order valence-corrected chi connectivity index (χ2v) is 25.6. The number of hydrogen-bond donors (Lipinski definition) is 12. The Bertz CT molecular complexity index is 1390. The van der Waals surface area contributed by atoms with Crippen LogP contribution >= 0.6 is 0 Å². The van der Waals surface area contributed by atoms with Crippen LogP contribution in [0.5, 0.6) is 0 Å². The molecular formula is C66H154Li8N20+12. The van der Waals surface area contributed by atoms with Gasteiger partial charge in [0.2, 0.25) is 0 Å². The van der Waals surface area contributed by atoms with Gasteiger partial charge in [0.25, 0.3) is 0 Å². The molecule has 4 aromatic heterocycles. The Morgan fingerprint density at radius 2 is 0.351 bits per heavy atom. The van der Waals surface area contributed by atoms with Crippen LogP contribution in [0.3, 0.4) is 0 Å². The van der Waals surface area contributed by atoms with E-state index >= 15 is 0 Å². The zero-order valence-electron chi connectivity index (χ0n) is 70.6. The molecule has 4 aromatic rings. The Labute approximate surface area is 681 Å². The summed E-state index contributed by atoms with van der Waals surface area (Å²) < 4.78 is 0. The van der Waals surface area contributed by atoms with Gasteiger partial charge in [-0.1, -0.05) is 88.1 Å². The monoisotopic (exact) mass is 1280 g/mol. The van der Waals surface area contributed by atoms with Gasteiger partial charge in [-0.05, 0) is 0 Å². The van der Waals surface area contributed by atoms with Crippen LogP contribution < -0.4 is 230 Å². The van der Waals surface area contributed by atoms with E-state index in [2.05, 4.69) is 224 Å². The normalized spacial score (nSPS) is 9.60. The number of unbranched alkanes of at least 4 members (excludes halogenated alkanes) is 3. The molecule has 0 amide bonds. The van der Waals surface area contributed by atoms with Crippen LogP contribution in [-0.4, -0.2) is 276 Å². The fourth-order valence-electron chi connectivity index (χ4n) is 5.87. The van der Waals surface area contributed by atoms with Crippen molar-refractivity contribution in [2.24, 2.45) is 0 Å². The van der Waals surface area contributed by atoms with Gasteiger partial charge in [-0.3, -0.25) is 0 Å². The van der Waals surface area contributed by atoms with E-state index in [1.165, 1.54) is 163 Å². The van der Waals surface area contributed by atoms with Gasteiger partial charge in [0.1, 0.15) is 78.5 Å². The first-order valence-corrected chi connectivity index (χ1v) is 32.4.